The Morgan fingerprint density at radius 2 is 1.87 bits per heavy atom. The van der Waals surface area contributed by atoms with E-state index in [4.69, 9.17) is 9.15 Å². The molecule has 5 nitrogen and oxygen atoms in total. The van der Waals surface area contributed by atoms with Crippen LogP contribution in [0.25, 0.3) is 21.9 Å². The SMILES string of the molecule is CC1(C)Oc2ccc3c(=O)c4ccccc4oc3c2C1C(=O)O. The number of fused-ring (bicyclic) bond motifs is 4. The lowest BCUT2D eigenvalue weighted by atomic mass is 9.86. The number of benzene rings is 2. The zero-order valence-corrected chi connectivity index (χ0v) is 12.6. The molecule has 2 heterocycles. The molecule has 5 heteroatoms. The van der Waals surface area contributed by atoms with E-state index in [1.165, 1.54) is 0 Å². The second-order valence-electron chi connectivity index (χ2n) is 6.26. The maximum absolute atomic E-state index is 12.7. The third kappa shape index (κ3) is 1.79. The largest absolute Gasteiger partial charge is 0.486 e. The number of rotatable bonds is 1. The second-order valence-corrected chi connectivity index (χ2v) is 6.26. The van der Waals surface area contributed by atoms with Gasteiger partial charge in [0.2, 0.25) is 5.43 Å². The van der Waals surface area contributed by atoms with E-state index in [9.17, 15) is 14.7 Å². The van der Waals surface area contributed by atoms with E-state index in [0.29, 0.717) is 33.3 Å². The van der Waals surface area contributed by atoms with Crippen molar-refractivity contribution < 1.29 is 19.1 Å². The van der Waals surface area contributed by atoms with Crippen molar-refractivity contribution in [2.75, 3.05) is 0 Å². The van der Waals surface area contributed by atoms with E-state index < -0.39 is 17.5 Å². The molecule has 0 amide bonds. The maximum Gasteiger partial charge on any atom is 0.315 e. The van der Waals surface area contributed by atoms with Crippen molar-refractivity contribution in [1.29, 1.82) is 0 Å². The van der Waals surface area contributed by atoms with Gasteiger partial charge in [0.15, 0.2) is 0 Å². The van der Waals surface area contributed by atoms with Gasteiger partial charge in [-0.15, -0.1) is 0 Å². The quantitative estimate of drug-likeness (QED) is 0.698. The molecule has 116 valence electrons. The van der Waals surface area contributed by atoms with Crippen LogP contribution in [0.15, 0.2) is 45.6 Å². The fourth-order valence-corrected chi connectivity index (χ4v) is 3.34. The van der Waals surface area contributed by atoms with Crippen molar-refractivity contribution >= 4 is 27.9 Å². The molecule has 0 fully saturated rings. The van der Waals surface area contributed by atoms with Crippen LogP contribution in [0.3, 0.4) is 0 Å². The smallest absolute Gasteiger partial charge is 0.315 e. The molecule has 0 aliphatic carbocycles. The molecule has 1 aromatic heterocycles. The molecular weight excluding hydrogens is 296 g/mol. The standard InChI is InChI=1S/C18H14O5/c1-18(2)14(17(20)21)13-12(23-18)8-7-10-15(19)9-5-3-4-6-11(9)22-16(10)13/h3-8,14H,1-2H3,(H,20,21). The number of hydrogen-bond donors (Lipinski definition) is 1. The third-order valence-electron chi connectivity index (χ3n) is 4.35. The first kappa shape index (κ1) is 13.8. The van der Waals surface area contributed by atoms with E-state index in [0.717, 1.165) is 0 Å². The highest BCUT2D eigenvalue weighted by molar-refractivity contribution is 5.96. The molecule has 1 aliphatic heterocycles. The molecule has 0 saturated heterocycles. The zero-order chi connectivity index (χ0) is 16.4. The zero-order valence-electron chi connectivity index (χ0n) is 12.6. The molecule has 0 bridgehead atoms. The van der Waals surface area contributed by atoms with Gasteiger partial charge >= 0.3 is 5.97 Å². The first-order chi connectivity index (χ1) is 10.9. The van der Waals surface area contributed by atoms with Crippen LogP contribution in [0.4, 0.5) is 0 Å². The van der Waals surface area contributed by atoms with E-state index >= 15 is 0 Å². The number of para-hydroxylation sites is 1. The average Bonchev–Trinajstić information content (AvgIpc) is 2.78. The summed E-state index contributed by atoms with van der Waals surface area (Å²) in [6, 6.07) is 10.2. The Kier molecular flexibility index (Phi) is 2.61. The van der Waals surface area contributed by atoms with Gasteiger partial charge in [0.1, 0.15) is 28.4 Å². The molecule has 1 atom stereocenters. The normalized spacial score (nSPS) is 18.8. The molecule has 0 saturated carbocycles. The fourth-order valence-electron chi connectivity index (χ4n) is 3.34. The molecule has 0 radical (unpaired) electrons. The van der Waals surface area contributed by atoms with E-state index in [2.05, 4.69) is 0 Å². The summed E-state index contributed by atoms with van der Waals surface area (Å²) < 4.78 is 11.7. The average molecular weight is 310 g/mol. The topological polar surface area (TPSA) is 76.7 Å². The van der Waals surface area contributed by atoms with Gasteiger partial charge in [0.25, 0.3) is 0 Å². The van der Waals surface area contributed by atoms with Crippen molar-refractivity contribution in [3.05, 3.63) is 52.2 Å². The number of aliphatic carboxylic acids is 1. The molecule has 1 N–H and O–H groups in total. The molecule has 1 unspecified atom stereocenters. The maximum atomic E-state index is 12.7. The number of hydrogen-bond acceptors (Lipinski definition) is 4. The second kappa shape index (κ2) is 4.35. The fraction of sp³-hybridized carbons (Fsp3) is 0.222. The van der Waals surface area contributed by atoms with Crippen molar-refractivity contribution in [2.45, 2.75) is 25.4 Å². The van der Waals surface area contributed by atoms with Gasteiger partial charge in [0.05, 0.1) is 16.3 Å². The summed E-state index contributed by atoms with van der Waals surface area (Å²) in [6.45, 7) is 3.44. The van der Waals surface area contributed by atoms with Gasteiger partial charge in [0, 0.05) is 0 Å². The number of carboxylic acid groups (broad SMARTS) is 1. The first-order valence-corrected chi connectivity index (χ1v) is 7.30. The van der Waals surface area contributed by atoms with Crippen LogP contribution in [0, 0.1) is 0 Å². The molecule has 23 heavy (non-hydrogen) atoms. The predicted octanol–water partition coefficient (Wildman–Crippen LogP) is 3.29. The summed E-state index contributed by atoms with van der Waals surface area (Å²) >= 11 is 0. The van der Waals surface area contributed by atoms with Gasteiger partial charge in [-0.3, -0.25) is 9.59 Å². The Bertz CT molecular complexity index is 1030. The summed E-state index contributed by atoms with van der Waals surface area (Å²) in [5, 5.41) is 10.5. The van der Waals surface area contributed by atoms with Gasteiger partial charge in [-0.05, 0) is 38.1 Å². The Balaban J connectivity index is 2.17. The Labute approximate surface area is 131 Å². The van der Waals surface area contributed by atoms with Crippen molar-refractivity contribution in [3.63, 3.8) is 0 Å². The minimum atomic E-state index is -1.00. The van der Waals surface area contributed by atoms with E-state index in [1.54, 1.807) is 50.2 Å². The van der Waals surface area contributed by atoms with Crippen molar-refractivity contribution in [2.24, 2.45) is 0 Å². The van der Waals surface area contributed by atoms with Gasteiger partial charge in [-0.25, -0.2) is 0 Å². The van der Waals surface area contributed by atoms with Gasteiger partial charge in [-0.1, -0.05) is 12.1 Å². The monoisotopic (exact) mass is 310 g/mol. The van der Waals surface area contributed by atoms with Crippen LogP contribution in [-0.2, 0) is 4.79 Å². The van der Waals surface area contributed by atoms with E-state index in [-0.39, 0.29) is 5.43 Å². The van der Waals surface area contributed by atoms with Gasteiger partial charge < -0.3 is 14.3 Å². The lowest BCUT2D eigenvalue weighted by molar-refractivity contribution is -0.142. The highest BCUT2D eigenvalue weighted by atomic mass is 16.5. The minimum absolute atomic E-state index is 0.168. The highest BCUT2D eigenvalue weighted by Crippen LogP contribution is 2.47. The molecule has 3 aromatic rings. The Morgan fingerprint density at radius 1 is 1.13 bits per heavy atom. The molecule has 1 aliphatic rings. The van der Waals surface area contributed by atoms with Crippen LogP contribution < -0.4 is 10.2 Å². The lowest BCUT2D eigenvalue weighted by Crippen LogP contribution is -2.35. The molecule has 4 rings (SSSR count). The Hall–Kier alpha value is -2.82. The summed E-state index contributed by atoms with van der Waals surface area (Å²) in [5.74, 6) is -1.45. The van der Waals surface area contributed by atoms with Crippen LogP contribution >= 0.6 is 0 Å². The van der Waals surface area contributed by atoms with Crippen LogP contribution in [0.1, 0.15) is 25.3 Å². The summed E-state index contributed by atoms with van der Waals surface area (Å²) in [7, 11) is 0. The van der Waals surface area contributed by atoms with Crippen LogP contribution in [0.5, 0.6) is 5.75 Å². The van der Waals surface area contributed by atoms with Crippen LogP contribution in [0.2, 0.25) is 0 Å². The van der Waals surface area contributed by atoms with Crippen molar-refractivity contribution in [1.82, 2.24) is 0 Å². The van der Waals surface area contributed by atoms with Crippen LogP contribution in [-0.4, -0.2) is 16.7 Å². The molecule has 2 aromatic carbocycles. The first-order valence-electron chi connectivity index (χ1n) is 7.30. The lowest BCUT2D eigenvalue weighted by Gasteiger charge is -2.22. The summed E-state index contributed by atoms with van der Waals surface area (Å²) in [5.41, 5.74) is 0.0879. The number of carbonyl (C=O) groups is 1. The Morgan fingerprint density at radius 3 is 2.61 bits per heavy atom. The number of carboxylic acids is 1. The van der Waals surface area contributed by atoms with Crippen molar-refractivity contribution in [3.8, 4) is 5.75 Å². The number of ether oxygens (including phenoxy) is 1. The predicted molar refractivity (Wildman–Crippen MR) is 85.1 cm³/mol. The third-order valence-corrected chi connectivity index (χ3v) is 4.35. The summed E-state index contributed by atoms with van der Waals surface area (Å²) in [6.07, 6.45) is 0. The van der Waals surface area contributed by atoms with Gasteiger partial charge in [-0.2, -0.15) is 0 Å². The highest BCUT2D eigenvalue weighted by Gasteiger charge is 2.48. The van der Waals surface area contributed by atoms with E-state index in [1.807, 2.05) is 0 Å². The minimum Gasteiger partial charge on any atom is -0.486 e. The summed E-state index contributed by atoms with van der Waals surface area (Å²) in [4.78, 5) is 24.4. The molecule has 0 spiro atoms. The molecular formula is C18H14O5.